The summed E-state index contributed by atoms with van der Waals surface area (Å²) >= 11 is 0. The number of furan rings is 1. The lowest BCUT2D eigenvalue weighted by Crippen LogP contribution is -2.26. The fraction of sp³-hybridized carbons (Fsp3) is 0.150. The average Bonchev–Trinajstić information content (AvgIpc) is 3.15. The number of benzene rings is 2. The Morgan fingerprint density at radius 3 is 2.11 bits per heavy atom. The molecule has 6 nitrogen and oxygen atoms in total. The molecule has 0 aliphatic carbocycles. The fourth-order valence-electron chi connectivity index (χ4n) is 2.66. The molecule has 140 valence electrons. The van der Waals surface area contributed by atoms with Crippen molar-refractivity contribution >= 4 is 21.6 Å². The van der Waals surface area contributed by atoms with Gasteiger partial charge in [0.05, 0.1) is 17.7 Å². The molecule has 0 atom stereocenters. The Hall–Kier alpha value is -2.90. The Morgan fingerprint density at radius 2 is 1.59 bits per heavy atom. The minimum atomic E-state index is -3.61. The maximum absolute atomic E-state index is 12.7. The van der Waals surface area contributed by atoms with Crippen LogP contribution in [0, 0.1) is 0 Å². The van der Waals surface area contributed by atoms with Gasteiger partial charge in [0.15, 0.2) is 0 Å². The third-order valence-corrected chi connectivity index (χ3v) is 5.88. The van der Waals surface area contributed by atoms with Crippen LogP contribution in [0.25, 0.3) is 11.1 Å². The van der Waals surface area contributed by atoms with E-state index in [1.54, 1.807) is 48.5 Å². The van der Waals surface area contributed by atoms with Crippen molar-refractivity contribution < 1.29 is 17.6 Å². The first-order valence-electron chi connectivity index (χ1n) is 8.33. The highest BCUT2D eigenvalue weighted by Crippen LogP contribution is 2.24. The molecule has 1 heterocycles. The van der Waals surface area contributed by atoms with Crippen LogP contribution in [0.1, 0.15) is 12.7 Å². The molecule has 1 N–H and O–H groups in total. The lowest BCUT2D eigenvalue weighted by atomic mass is 10.1. The van der Waals surface area contributed by atoms with E-state index in [9.17, 15) is 13.2 Å². The summed E-state index contributed by atoms with van der Waals surface area (Å²) in [7, 11) is -2.09. The van der Waals surface area contributed by atoms with Crippen molar-refractivity contribution in [2.45, 2.75) is 18.4 Å². The van der Waals surface area contributed by atoms with Crippen LogP contribution in [0.3, 0.4) is 0 Å². The molecule has 0 saturated heterocycles. The standard InChI is InChI=1S/C20H20N2O4S/c1-15(23)21-18-9-5-16(6-10-18)17-7-11-20(12-8-17)27(24,25)22(2)14-19-4-3-13-26-19/h3-13H,14H2,1-2H3,(H,21,23). The number of anilines is 1. The zero-order valence-electron chi connectivity index (χ0n) is 15.0. The van der Waals surface area contributed by atoms with Crippen LogP contribution in [-0.4, -0.2) is 25.7 Å². The second kappa shape index (κ2) is 7.77. The number of hydrogen-bond donors (Lipinski definition) is 1. The number of nitrogens with one attached hydrogen (secondary N) is 1. The number of carbonyl (C=O) groups is 1. The van der Waals surface area contributed by atoms with Gasteiger partial charge < -0.3 is 9.73 Å². The van der Waals surface area contributed by atoms with Gasteiger partial charge >= 0.3 is 0 Å². The molecule has 0 unspecified atom stereocenters. The highest BCUT2D eigenvalue weighted by atomic mass is 32.2. The van der Waals surface area contributed by atoms with Gasteiger partial charge in [-0.05, 0) is 47.5 Å². The molecule has 0 fully saturated rings. The first-order valence-corrected chi connectivity index (χ1v) is 9.77. The van der Waals surface area contributed by atoms with Gasteiger partial charge in [0, 0.05) is 19.7 Å². The molecule has 1 amide bonds. The van der Waals surface area contributed by atoms with E-state index in [-0.39, 0.29) is 17.3 Å². The molecule has 3 aromatic rings. The molecule has 0 spiro atoms. The van der Waals surface area contributed by atoms with Crippen LogP contribution in [0.4, 0.5) is 5.69 Å². The van der Waals surface area contributed by atoms with Gasteiger partial charge in [-0.25, -0.2) is 8.42 Å². The zero-order chi connectivity index (χ0) is 19.4. The smallest absolute Gasteiger partial charge is 0.243 e. The van der Waals surface area contributed by atoms with E-state index in [1.165, 1.54) is 24.5 Å². The topological polar surface area (TPSA) is 79.6 Å². The van der Waals surface area contributed by atoms with Crippen LogP contribution in [-0.2, 0) is 21.4 Å². The molecular weight excluding hydrogens is 364 g/mol. The third-order valence-electron chi connectivity index (χ3n) is 4.06. The Labute approximate surface area is 158 Å². The zero-order valence-corrected chi connectivity index (χ0v) is 15.9. The molecule has 0 aliphatic heterocycles. The molecule has 2 aromatic carbocycles. The second-order valence-corrected chi connectivity index (χ2v) is 8.17. The monoisotopic (exact) mass is 384 g/mol. The van der Waals surface area contributed by atoms with Crippen molar-refractivity contribution in [3.63, 3.8) is 0 Å². The summed E-state index contributed by atoms with van der Waals surface area (Å²) in [4.78, 5) is 11.3. The molecular formula is C20H20N2O4S. The first kappa shape index (κ1) is 18.9. The predicted molar refractivity (Wildman–Crippen MR) is 104 cm³/mol. The van der Waals surface area contributed by atoms with Crippen LogP contribution >= 0.6 is 0 Å². The summed E-state index contributed by atoms with van der Waals surface area (Å²) in [6.07, 6.45) is 1.52. The van der Waals surface area contributed by atoms with Crippen molar-refractivity contribution in [3.8, 4) is 11.1 Å². The summed E-state index contributed by atoms with van der Waals surface area (Å²) < 4.78 is 31.9. The fourth-order valence-corrected chi connectivity index (χ4v) is 3.79. The minimum absolute atomic E-state index is 0.129. The molecule has 0 aliphatic rings. The van der Waals surface area contributed by atoms with Crippen LogP contribution < -0.4 is 5.32 Å². The van der Waals surface area contributed by atoms with Crippen LogP contribution in [0.15, 0.2) is 76.2 Å². The van der Waals surface area contributed by atoms with Crippen molar-refractivity contribution in [2.75, 3.05) is 12.4 Å². The van der Waals surface area contributed by atoms with E-state index >= 15 is 0 Å². The van der Waals surface area contributed by atoms with Crippen molar-refractivity contribution in [2.24, 2.45) is 0 Å². The SMILES string of the molecule is CC(=O)Nc1ccc(-c2ccc(S(=O)(=O)N(C)Cc3ccco3)cc2)cc1. The number of nitrogens with zero attached hydrogens (tertiary/aromatic N) is 1. The van der Waals surface area contributed by atoms with Crippen LogP contribution in [0.5, 0.6) is 0 Å². The summed E-state index contributed by atoms with van der Waals surface area (Å²) in [6, 6.07) is 17.5. The van der Waals surface area contributed by atoms with E-state index in [0.717, 1.165) is 11.1 Å². The Bertz CT molecular complexity index is 1010. The van der Waals surface area contributed by atoms with Crippen molar-refractivity contribution in [3.05, 3.63) is 72.7 Å². The Balaban J connectivity index is 1.77. The maximum atomic E-state index is 12.7. The Kier molecular flexibility index (Phi) is 5.43. The number of amides is 1. The Morgan fingerprint density at radius 1 is 1.00 bits per heavy atom. The number of carbonyl (C=O) groups excluding carboxylic acids is 1. The molecule has 3 rings (SSSR count). The summed E-state index contributed by atoms with van der Waals surface area (Å²) in [5.41, 5.74) is 2.53. The summed E-state index contributed by atoms with van der Waals surface area (Å²) in [6.45, 7) is 1.62. The van der Waals surface area contributed by atoms with E-state index < -0.39 is 10.0 Å². The number of sulfonamides is 1. The normalized spacial score (nSPS) is 11.5. The molecule has 0 bridgehead atoms. The molecule has 7 heteroatoms. The highest BCUT2D eigenvalue weighted by Gasteiger charge is 2.21. The second-order valence-electron chi connectivity index (χ2n) is 6.12. The largest absolute Gasteiger partial charge is 0.468 e. The third kappa shape index (κ3) is 4.45. The van der Waals surface area contributed by atoms with Gasteiger partial charge in [0.25, 0.3) is 0 Å². The van der Waals surface area contributed by atoms with Gasteiger partial charge in [-0.15, -0.1) is 0 Å². The highest BCUT2D eigenvalue weighted by molar-refractivity contribution is 7.89. The summed E-state index contributed by atoms with van der Waals surface area (Å²) in [5.74, 6) is 0.452. The van der Waals surface area contributed by atoms with Gasteiger partial charge in [-0.3, -0.25) is 4.79 Å². The van der Waals surface area contributed by atoms with Gasteiger partial charge in [0.1, 0.15) is 5.76 Å². The van der Waals surface area contributed by atoms with Crippen molar-refractivity contribution in [1.29, 1.82) is 0 Å². The van der Waals surface area contributed by atoms with Crippen LogP contribution in [0.2, 0.25) is 0 Å². The van der Waals surface area contributed by atoms with E-state index in [4.69, 9.17) is 4.42 Å². The summed E-state index contributed by atoms with van der Waals surface area (Å²) in [5, 5.41) is 2.71. The minimum Gasteiger partial charge on any atom is -0.468 e. The quantitative estimate of drug-likeness (QED) is 0.702. The molecule has 0 saturated carbocycles. The van der Waals surface area contributed by atoms with E-state index in [0.29, 0.717) is 11.4 Å². The van der Waals surface area contributed by atoms with Gasteiger partial charge in [0.2, 0.25) is 15.9 Å². The molecule has 27 heavy (non-hydrogen) atoms. The van der Waals surface area contributed by atoms with Crippen molar-refractivity contribution in [1.82, 2.24) is 4.31 Å². The molecule has 0 radical (unpaired) electrons. The maximum Gasteiger partial charge on any atom is 0.243 e. The predicted octanol–water partition coefficient (Wildman–Crippen LogP) is 3.73. The average molecular weight is 384 g/mol. The van der Waals surface area contributed by atoms with Gasteiger partial charge in [-0.2, -0.15) is 4.31 Å². The van der Waals surface area contributed by atoms with E-state index in [2.05, 4.69) is 5.32 Å². The lowest BCUT2D eigenvalue weighted by molar-refractivity contribution is -0.114. The first-order chi connectivity index (χ1) is 12.9. The number of rotatable bonds is 6. The van der Waals surface area contributed by atoms with E-state index in [1.807, 2.05) is 12.1 Å². The van der Waals surface area contributed by atoms with Gasteiger partial charge in [-0.1, -0.05) is 24.3 Å². The molecule has 1 aromatic heterocycles. The lowest BCUT2D eigenvalue weighted by Gasteiger charge is -2.16. The number of hydrogen-bond acceptors (Lipinski definition) is 4.